The third-order valence-corrected chi connectivity index (χ3v) is 6.60. The number of hydrogen-bond donors (Lipinski definition) is 0. The fourth-order valence-electron chi connectivity index (χ4n) is 3.49. The Bertz CT molecular complexity index is 1330. The Morgan fingerprint density at radius 2 is 1.52 bits per heavy atom. The summed E-state index contributed by atoms with van der Waals surface area (Å²) in [4.78, 5) is 13.0. The van der Waals surface area contributed by atoms with Crippen molar-refractivity contribution in [2.24, 2.45) is 0 Å². The highest BCUT2D eigenvalue weighted by Crippen LogP contribution is 2.37. The number of nitrogens with zero attached hydrogens (tertiary/aromatic N) is 1. The van der Waals surface area contributed by atoms with E-state index < -0.39 is 10.0 Å². The van der Waals surface area contributed by atoms with Gasteiger partial charge in [0.15, 0.2) is 5.78 Å². The zero-order valence-electron chi connectivity index (χ0n) is 15.9. The first-order chi connectivity index (χ1) is 13.9. The van der Waals surface area contributed by atoms with Crippen LogP contribution in [0, 0.1) is 6.92 Å². The number of carbonyl (C=O) groups excluding carboxylic acids is 1. The smallest absolute Gasteiger partial charge is 0.268 e. The van der Waals surface area contributed by atoms with E-state index in [4.69, 9.17) is 0 Å². The fourth-order valence-corrected chi connectivity index (χ4v) is 5.03. The third-order valence-electron chi connectivity index (χ3n) is 4.87. The van der Waals surface area contributed by atoms with Crippen LogP contribution < -0.4 is 0 Å². The van der Waals surface area contributed by atoms with E-state index in [0.29, 0.717) is 27.7 Å². The number of hydrogen-bond acceptors (Lipinski definition) is 3. The predicted molar refractivity (Wildman–Crippen MR) is 116 cm³/mol. The van der Waals surface area contributed by atoms with Crippen molar-refractivity contribution in [2.45, 2.75) is 11.8 Å². The number of para-hydroxylation sites is 1. The summed E-state index contributed by atoms with van der Waals surface area (Å²) in [5, 5.41) is 0.576. The minimum Gasteiger partial charge on any atom is -0.289 e. The predicted octanol–water partition coefficient (Wildman–Crippen LogP) is 5.22. The van der Waals surface area contributed by atoms with Gasteiger partial charge < -0.3 is 0 Å². The van der Waals surface area contributed by atoms with Crippen LogP contribution in [0.1, 0.15) is 15.9 Å². The number of fused-ring (bicyclic) bond motifs is 1. The van der Waals surface area contributed by atoms with Crippen LogP contribution in [-0.4, -0.2) is 18.2 Å². The lowest BCUT2D eigenvalue weighted by Crippen LogP contribution is -2.15. The molecule has 0 aliphatic rings. The highest BCUT2D eigenvalue weighted by molar-refractivity contribution is 7.90. The van der Waals surface area contributed by atoms with Gasteiger partial charge in [0.25, 0.3) is 10.0 Å². The molecule has 0 aliphatic carbocycles. The van der Waals surface area contributed by atoms with Crippen molar-refractivity contribution < 1.29 is 13.2 Å². The van der Waals surface area contributed by atoms with Crippen LogP contribution in [0.2, 0.25) is 0 Å². The summed E-state index contributed by atoms with van der Waals surface area (Å²) in [5.74, 6) is -0.321. The summed E-state index contributed by atoms with van der Waals surface area (Å²) in [5.41, 5.74) is 2.74. The van der Waals surface area contributed by atoms with Gasteiger partial charge in [0.1, 0.15) is 0 Å². The van der Waals surface area contributed by atoms with Crippen molar-refractivity contribution in [3.05, 3.63) is 103 Å². The number of carbonyl (C=O) groups is 1. The molecule has 5 heteroatoms. The largest absolute Gasteiger partial charge is 0.289 e. The third kappa shape index (κ3) is 3.09. The first-order valence-corrected chi connectivity index (χ1v) is 10.6. The average Bonchev–Trinajstić information content (AvgIpc) is 3.10. The first-order valence-electron chi connectivity index (χ1n) is 9.13. The standard InChI is InChI=1S/C24H19NO3S/c1-3-22(26)23-20-11-7-8-12-21(20)25(24(23)18-9-5-4-6-10-18)29(27,28)19-15-13-17(2)14-16-19/h3-16H,1H2,2H3. The van der Waals surface area contributed by atoms with E-state index in [-0.39, 0.29) is 10.7 Å². The van der Waals surface area contributed by atoms with Gasteiger partial charge in [-0.3, -0.25) is 4.79 Å². The average molecular weight is 401 g/mol. The van der Waals surface area contributed by atoms with E-state index in [9.17, 15) is 13.2 Å². The van der Waals surface area contributed by atoms with E-state index >= 15 is 0 Å². The maximum absolute atomic E-state index is 13.7. The van der Waals surface area contributed by atoms with Crippen molar-refractivity contribution in [2.75, 3.05) is 0 Å². The molecule has 144 valence electrons. The molecule has 0 saturated heterocycles. The van der Waals surface area contributed by atoms with E-state index in [1.54, 1.807) is 60.7 Å². The van der Waals surface area contributed by atoms with Crippen LogP contribution in [-0.2, 0) is 10.0 Å². The van der Waals surface area contributed by atoms with Gasteiger partial charge in [0, 0.05) is 10.9 Å². The molecule has 0 atom stereocenters. The molecule has 29 heavy (non-hydrogen) atoms. The normalized spacial score (nSPS) is 11.5. The van der Waals surface area contributed by atoms with Gasteiger partial charge in [0.2, 0.25) is 0 Å². The molecule has 0 aliphatic heterocycles. The maximum Gasteiger partial charge on any atom is 0.268 e. The molecular weight excluding hydrogens is 382 g/mol. The zero-order valence-corrected chi connectivity index (χ0v) is 16.7. The lowest BCUT2D eigenvalue weighted by Gasteiger charge is -2.13. The zero-order chi connectivity index (χ0) is 20.6. The summed E-state index contributed by atoms with van der Waals surface area (Å²) in [7, 11) is -3.95. The van der Waals surface area contributed by atoms with Gasteiger partial charge in [0.05, 0.1) is 21.7 Å². The molecule has 4 nitrogen and oxygen atoms in total. The number of rotatable bonds is 5. The lowest BCUT2D eigenvalue weighted by molar-refractivity contribution is 0.104. The van der Waals surface area contributed by atoms with Crippen LogP contribution in [0.3, 0.4) is 0 Å². The molecule has 1 heterocycles. The van der Waals surface area contributed by atoms with E-state index in [2.05, 4.69) is 6.58 Å². The SMILES string of the molecule is C=CC(=O)c1c(-c2ccccc2)n(S(=O)(=O)c2ccc(C)cc2)c2ccccc12. The molecule has 4 rings (SSSR count). The summed E-state index contributed by atoms with van der Waals surface area (Å²) in [6, 6.07) is 22.8. The van der Waals surface area contributed by atoms with E-state index in [1.165, 1.54) is 10.0 Å². The minimum atomic E-state index is -3.95. The van der Waals surface area contributed by atoms with Gasteiger partial charge >= 0.3 is 0 Å². The number of allylic oxidation sites excluding steroid dienone is 1. The molecule has 0 unspecified atom stereocenters. The molecule has 0 fully saturated rings. The first kappa shape index (κ1) is 18.9. The van der Waals surface area contributed by atoms with Crippen molar-refractivity contribution in [3.8, 4) is 11.3 Å². The van der Waals surface area contributed by atoms with E-state index in [1.807, 2.05) is 25.1 Å². The number of ketones is 1. The van der Waals surface area contributed by atoms with Crippen molar-refractivity contribution in [1.29, 1.82) is 0 Å². The van der Waals surface area contributed by atoms with Crippen LogP contribution in [0.4, 0.5) is 0 Å². The number of aryl methyl sites for hydroxylation is 1. The molecule has 0 bridgehead atoms. The Kier molecular flexibility index (Phi) is 4.68. The minimum absolute atomic E-state index is 0.165. The van der Waals surface area contributed by atoms with Gasteiger partial charge in [-0.1, -0.05) is 72.8 Å². The van der Waals surface area contributed by atoms with Crippen molar-refractivity contribution in [1.82, 2.24) is 3.97 Å². The van der Waals surface area contributed by atoms with Gasteiger partial charge in [-0.05, 0) is 31.2 Å². The topological polar surface area (TPSA) is 56.1 Å². The molecule has 1 aromatic heterocycles. The second kappa shape index (κ2) is 7.18. The summed E-state index contributed by atoms with van der Waals surface area (Å²) in [6.07, 6.45) is 1.22. The quantitative estimate of drug-likeness (QED) is 0.340. The molecule has 0 spiro atoms. The van der Waals surface area contributed by atoms with Crippen LogP contribution >= 0.6 is 0 Å². The molecular formula is C24H19NO3S. The highest BCUT2D eigenvalue weighted by atomic mass is 32.2. The molecule has 0 amide bonds. The Labute approximate surface area is 169 Å². The highest BCUT2D eigenvalue weighted by Gasteiger charge is 2.29. The van der Waals surface area contributed by atoms with Gasteiger partial charge in [-0.25, -0.2) is 12.4 Å². The molecule has 4 aromatic rings. The number of benzene rings is 3. The Balaban J connectivity index is 2.18. The maximum atomic E-state index is 13.7. The Morgan fingerprint density at radius 3 is 2.17 bits per heavy atom. The molecule has 3 aromatic carbocycles. The van der Waals surface area contributed by atoms with Crippen LogP contribution in [0.25, 0.3) is 22.2 Å². The number of aromatic nitrogens is 1. The van der Waals surface area contributed by atoms with Gasteiger partial charge in [-0.15, -0.1) is 0 Å². The second-order valence-corrected chi connectivity index (χ2v) is 8.54. The monoisotopic (exact) mass is 401 g/mol. The van der Waals surface area contributed by atoms with Crippen LogP contribution in [0.15, 0.2) is 96.4 Å². The lowest BCUT2D eigenvalue weighted by atomic mass is 10.0. The Morgan fingerprint density at radius 1 is 0.897 bits per heavy atom. The Hall–Kier alpha value is -3.44. The van der Waals surface area contributed by atoms with E-state index in [0.717, 1.165) is 5.56 Å². The molecule has 0 N–H and O–H groups in total. The molecule has 0 saturated carbocycles. The summed E-state index contributed by atoms with van der Waals surface area (Å²) >= 11 is 0. The molecule has 0 radical (unpaired) electrons. The fraction of sp³-hybridized carbons (Fsp3) is 0.0417. The summed E-state index contributed by atoms with van der Waals surface area (Å²) < 4.78 is 28.7. The van der Waals surface area contributed by atoms with Crippen molar-refractivity contribution in [3.63, 3.8) is 0 Å². The van der Waals surface area contributed by atoms with Crippen molar-refractivity contribution >= 4 is 26.7 Å². The second-order valence-electron chi connectivity index (χ2n) is 6.76. The summed E-state index contributed by atoms with van der Waals surface area (Å²) in [6.45, 7) is 5.51. The van der Waals surface area contributed by atoms with Gasteiger partial charge in [-0.2, -0.15) is 0 Å². The van der Waals surface area contributed by atoms with Crippen LogP contribution in [0.5, 0.6) is 0 Å².